The minimum atomic E-state index is -0.132. The van der Waals surface area contributed by atoms with Crippen molar-refractivity contribution in [3.63, 3.8) is 0 Å². The van der Waals surface area contributed by atoms with E-state index in [0.717, 1.165) is 17.5 Å². The number of aliphatic imine (C=N–C) groups is 1. The van der Waals surface area contributed by atoms with Crippen molar-refractivity contribution < 1.29 is 4.79 Å². The first kappa shape index (κ1) is 6.61. The zero-order chi connectivity index (χ0) is 6.69. The van der Waals surface area contributed by atoms with Crippen LogP contribution in [0.1, 0.15) is 6.92 Å². The Morgan fingerprint density at radius 1 is 1.89 bits per heavy atom. The van der Waals surface area contributed by atoms with Crippen LogP contribution in [-0.4, -0.2) is 23.4 Å². The number of amides is 1. The summed E-state index contributed by atoms with van der Waals surface area (Å²) in [7, 11) is 0. The monoisotopic (exact) mass is 144 g/mol. The molecule has 3 nitrogen and oxygen atoms in total. The fourth-order valence-electron chi connectivity index (χ4n) is 0.572. The maximum absolute atomic E-state index is 10.4. The van der Waals surface area contributed by atoms with Gasteiger partial charge in [0, 0.05) is 19.2 Å². The number of nitrogens with one attached hydrogen (secondary N) is 1. The summed E-state index contributed by atoms with van der Waals surface area (Å²) >= 11 is 1.59. The third-order valence-corrected chi connectivity index (χ3v) is 1.79. The Bertz CT molecular complexity index is 147. The maximum atomic E-state index is 10.4. The van der Waals surface area contributed by atoms with E-state index in [4.69, 9.17) is 0 Å². The van der Waals surface area contributed by atoms with Crippen molar-refractivity contribution in [1.29, 1.82) is 0 Å². The second-order valence-electron chi connectivity index (χ2n) is 1.71. The Hall–Kier alpha value is -0.510. The first-order chi connectivity index (χ1) is 4.29. The molecule has 0 aromatic heterocycles. The number of thioether (sulfide) groups is 1. The Kier molecular flexibility index (Phi) is 2.10. The third kappa shape index (κ3) is 2.05. The van der Waals surface area contributed by atoms with Gasteiger partial charge in [0.25, 0.3) is 0 Å². The molecule has 0 aliphatic carbocycles. The quantitative estimate of drug-likeness (QED) is 0.529. The van der Waals surface area contributed by atoms with Gasteiger partial charge in [0.05, 0.1) is 0 Å². The molecule has 1 saturated heterocycles. The summed E-state index contributed by atoms with van der Waals surface area (Å²) < 4.78 is 0. The summed E-state index contributed by atoms with van der Waals surface area (Å²) in [6.45, 7) is 2.38. The van der Waals surface area contributed by atoms with Crippen LogP contribution in [0.4, 0.5) is 0 Å². The lowest BCUT2D eigenvalue weighted by Gasteiger charge is -1.90. The predicted octanol–water partition coefficient (Wildman–Crippen LogP) is 0.225. The number of amidine groups is 1. The smallest absolute Gasteiger partial charge is 0.244 e. The van der Waals surface area contributed by atoms with Crippen LogP contribution >= 0.6 is 11.8 Å². The summed E-state index contributed by atoms with van der Waals surface area (Å²) in [5, 5.41) is 3.75. The van der Waals surface area contributed by atoms with Gasteiger partial charge in [0.1, 0.15) is 0 Å². The second-order valence-corrected chi connectivity index (χ2v) is 2.79. The van der Waals surface area contributed by atoms with Crippen molar-refractivity contribution in [1.82, 2.24) is 5.32 Å². The topological polar surface area (TPSA) is 41.5 Å². The summed E-state index contributed by atoms with van der Waals surface area (Å²) in [6, 6.07) is 0. The van der Waals surface area contributed by atoms with E-state index in [1.807, 2.05) is 0 Å². The van der Waals surface area contributed by atoms with Gasteiger partial charge in [0.15, 0.2) is 5.17 Å². The van der Waals surface area contributed by atoms with Gasteiger partial charge in [-0.2, -0.15) is 4.99 Å². The molecule has 1 aliphatic rings. The molecule has 9 heavy (non-hydrogen) atoms. The SMILES string of the molecule is CC(=O)N=C1NCCS1. The molecule has 1 amide bonds. The van der Waals surface area contributed by atoms with Gasteiger partial charge in [-0.1, -0.05) is 11.8 Å². The lowest BCUT2D eigenvalue weighted by Crippen LogP contribution is -2.14. The highest BCUT2D eigenvalue weighted by molar-refractivity contribution is 8.14. The molecule has 0 aromatic carbocycles. The van der Waals surface area contributed by atoms with E-state index in [1.54, 1.807) is 11.8 Å². The molecule has 0 saturated carbocycles. The summed E-state index contributed by atoms with van der Waals surface area (Å²) in [5.41, 5.74) is 0. The molecular formula is C5H8N2OS. The van der Waals surface area contributed by atoms with Gasteiger partial charge in [-0.25, -0.2) is 0 Å². The lowest BCUT2D eigenvalue weighted by atomic mass is 10.7. The predicted molar refractivity (Wildman–Crippen MR) is 38.6 cm³/mol. The number of rotatable bonds is 0. The maximum Gasteiger partial charge on any atom is 0.244 e. The Morgan fingerprint density at radius 3 is 3.11 bits per heavy atom. The molecule has 0 atom stereocenters. The molecule has 0 spiro atoms. The van der Waals surface area contributed by atoms with Crippen molar-refractivity contribution >= 4 is 22.8 Å². The first-order valence-electron chi connectivity index (χ1n) is 2.75. The standard InChI is InChI=1S/C5H8N2OS/c1-4(8)7-5-6-2-3-9-5/h2-3H2,1H3,(H,6,7,8). The molecule has 1 aliphatic heterocycles. The van der Waals surface area contributed by atoms with E-state index >= 15 is 0 Å². The normalized spacial score (nSPS) is 22.1. The molecule has 1 N–H and O–H groups in total. The second kappa shape index (κ2) is 2.87. The average Bonchev–Trinajstić information content (AvgIpc) is 2.15. The zero-order valence-electron chi connectivity index (χ0n) is 5.18. The van der Waals surface area contributed by atoms with E-state index in [-0.39, 0.29) is 5.91 Å². The van der Waals surface area contributed by atoms with Crippen molar-refractivity contribution in [2.75, 3.05) is 12.3 Å². The minimum Gasteiger partial charge on any atom is -0.364 e. The molecular weight excluding hydrogens is 136 g/mol. The number of hydrogen-bond donors (Lipinski definition) is 1. The number of nitrogens with zero attached hydrogens (tertiary/aromatic N) is 1. The molecule has 4 heteroatoms. The summed E-state index contributed by atoms with van der Waals surface area (Å²) in [6.07, 6.45) is 0. The van der Waals surface area contributed by atoms with Crippen LogP contribution < -0.4 is 5.32 Å². The van der Waals surface area contributed by atoms with E-state index in [1.165, 1.54) is 6.92 Å². The molecule has 50 valence electrons. The van der Waals surface area contributed by atoms with Gasteiger partial charge in [-0.3, -0.25) is 4.79 Å². The van der Waals surface area contributed by atoms with Crippen LogP contribution in [0.15, 0.2) is 4.99 Å². The van der Waals surface area contributed by atoms with Gasteiger partial charge in [-0.15, -0.1) is 0 Å². The Labute approximate surface area is 57.9 Å². The van der Waals surface area contributed by atoms with Crippen LogP contribution in [0.5, 0.6) is 0 Å². The van der Waals surface area contributed by atoms with Gasteiger partial charge in [0.2, 0.25) is 5.91 Å². The molecule has 1 fully saturated rings. The highest BCUT2D eigenvalue weighted by Crippen LogP contribution is 2.06. The van der Waals surface area contributed by atoms with Crippen LogP contribution in [0.2, 0.25) is 0 Å². The van der Waals surface area contributed by atoms with Gasteiger partial charge < -0.3 is 5.32 Å². The van der Waals surface area contributed by atoms with E-state index in [0.29, 0.717) is 0 Å². The molecule has 0 aromatic rings. The minimum absolute atomic E-state index is 0.132. The summed E-state index contributed by atoms with van der Waals surface area (Å²) in [5.74, 6) is 0.887. The molecule has 0 unspecified atom stereocenters. The van der Waals surface area contributed by atoms with Gasteiger partial charge >= 0.3 is 0 Å². The summed E-state index contributed by atoms with van der Waals surface area (Å²) in [4.78, 5) is 14.1. The first-order valence-corrected chi connectivity index (χ1v) is 3.73. The fourth-order valence-corrected chi connectivity index (χ4v) is 1.37. The third-order valence-electron chi connectivity index (χ3n) is 0.876. The largest absolute Gasteiger partial charge is 0.364 e. The van der Waals surface area contributed by atoms with Crippen molar-refractivity contribution in [2.45, 2.75) is 6.92 Å². The van der Waals surface area contributed by atoms with E-state index in [9.17, 15) is 4.79 Å². The lowest BCUT2D eigenvalue weighted by molar-refractivity contribution is -0.115. The van der Waals surface area contributed by atoms with Crippen molar-refractivity contribution in [3.05, 3.63) is 0 Å². The molecule has 0 bridgehead atoms. The fraction of sp³-hybridized carbons (Fsp3) is 0.600. The Balaban J connectivity index is 2.49. The number of carbonyl (C=O) groups is 1. The molecule has 1 heterocycles. The zero-order valence-corrected chi connectivity index (χ0v) is 5.99. The van der Waals surface area contributed by atoms with Crippen molar-refractivity contribution in [3.8, 4) is 0 Å². The molecule has 0 radical (unpaired) electrons. The van der Waals surface area contributed by atoms with Gasteiger partial charge in [-0.05, 0) is 0 Å². The molecule has 1 rings (SSSR count). The van der Waals surface area contributed by atoms with E-state index < -0.39 is 0 Å². The highest BCUT2D eigenvalue weighted by atomic mass is 32.2. The van der Waals surface area contributed by atoms with Crippen LogP contribution in [0, 0.1) is 0 Å². The number of carbonyl (C=O) groups excluding carboxylic acids is 1. The van der Waals surface area contributed by atoms with Crippen molar-refractivity contribution in [2.24, 2.45) is 4.99 Å². The van der Waals surface area contributed by atoms with Crippen LogP contribution in [0.3, 0.4) is 0 Å². The average molecular weight is 144 g/mol. The highest BCUT2D eigenvalue weighted by Gasteiger charge is 2.06. The Morgan fingerprint density at radius 2 is 2.67 bits per heavy atom. The van der Waals surface area contributed by atoms with Crippen LogP contribution in [-0.2, 0) is 4.79 Å². The van der Waals surface area contributed by atoms with E-state index in [2.05, 4.69) is 10.3 Å². The number of hydrogen-bond acceptors (Lipinski definition) is 2. The van der Waals surface area contributed by atoms with Crippen LogP contribution in [0.25, 0.3) is 0 Å².